The first-order chi connectivity index (χ1) is 15.2. The number of halogens is 3. The van der Waals surface area contributed by atoms with E-state index in [2.05, 4.69) is 5.32 Å². The van der Waals surface area contributed by atoms with Crippen molar-refractivity contribution < 1.29 is 22.3 Å². The lowest BCUT2D eigenvalue weighted by Crippen LogP contribution is -2.62. The Morgan fingerprint density at radius 2 is 1.69 bits per heavy atom. The highest BCUT2D eigenvalue weighted by Crippen LogP contribution is 2.37. The Bertz CT molecular complexity index is 770. The number of nitrogens with zero attached hydrogens (tertiary/aromatic N) is 1. The summed E-state index contributed by atoms with van der Waals surface area (Å²) < 4.78 is 48.4. The second-order valence-corrected chi connectivity index (χ2v) is 13.3. The van der Waals surface area contributed by atoms with Gasteiger partial charge in [0.05, 0.1) is 29.4 Å². The number of morpholine rings is 1. The van der Waals surface area contributed by atoms with E-state index in [9.17, 15) is 17.6 Å². The van der Waals surface area contributed by atoms with Gasteiger partial charge in [-0.1, -0.05) is 6.42 Å². The topological polar surface area (TPSA) is 75.7 Å². The van der Waals surface area contributed by atoms with Crippen molar-refractivity contribution in [1.29, 1.82) is 0 Å². The maximum atomic E-state index is 13.6. The second kappa shape index (κ2) is 10.2. The van der Waals surface area contributed by atoms with E-state index in [4.69, 9.17) is 27.9 Å². The van der Waals surface area contributed by atoms with Gasteiger partial charge in [0.2, 0.25) is 15.9 Å². The number of hydrogen-bond acceptors (Lipinski definition) is 4. The number of carbonyl (C=O) groups is 1. The van der Waals surface area contributed by atoms with Crippen molar-refractivity contribution in [2.75, 3.05) is 6.54 Å². The average molecular weight is 514 g/mol. The molecule has 184 valence electrons. The lowest BCUT2D eigenvalue weighted by Gasteiger charge is -2.48. The summed E-state index contributed by atoms with van der Waals surface area (Å²) in [5.41, 5.74) is 0. The minimum atomic E-state index is -3.57. The van der Waals surface area contributed by atoms with Gasteiger partial charge in [-0.05, 0) is 64.7 Å². The van der Waals surface area contributed by atoms with E-state index in [-0.39, 0.29) is 41.0 Å². The van der Waals surface area contributed by atoms with Crippen LogP contribution in [0.5, 0.6) is 0 Å². The molecule has 0 radical (unpaired) electrons. The van der Waals surface area contributed by atoms with Gasteiger partial charge in [0.15, 0.2) is 0 Å². The van der Waals surface area contributed by atoms with Crippen LogP contribution in [0.4, 0.5) is 4.39 Å². The third kappa shape index (κ3) is 5.24. The molecular formula is C22H35Cl2FN2O4S. The largest absolute Gasteiger partial charge is 0.372 e. The van der Waals surface area contributed by atoms with Gasteiger partial charge >= 0.3 is 0 Å². The molecule has 0 spiro atoms. The third-order valence-electron chi connectivity index (χ3n) is 7.71. The number of fused-ring (bicyclic) bond motifs is 1. The molecule has 3 aliphatic carbocycles. The van der Waals surface area contributed by atoms with Crippen molar-refractivity contribution in [2.24, 2.45) is 5.92 Å². The Kier molecular flexibility index (Phi) is 7.97. The van der Waals surface area contributed by atoms with Gasteiger partial charge in [-0.25, -0.2) is 12.8 Å². The van der Waals surface area contributed by atoms with Gasteiger partial charge in [-0.2, -0.15) is 4.31 Å². The van der Waals surface area contributed by atoms with Crippen molar-refractivity contribution >= 4 is 39.1 Å². The summed E-state index contributed by atoms with van der Waals surface area (Å²) in [5, 5.41) is 2.03. The Hall–Kier alpha value is -0.150. The molecule has 5 unspecified atom stereocenters. The number of nitrogens with one attached hydrogen (secondary N) is 1. The van der Waals surface area contributed by atoms with Crippen molar-refractivity contribution in [2.45, 2.75) is 118 Å². The van der Waals surface area contributed by atoms with E-state index in [0.717, 1.165) is 25.7 Å². The van der Waals surface area contributed by atoms with Gasteiger partial charge in [0.1, 0.15) is 6.17 Å². The molecule has 6 nitrogen and oxygen atoms in total. The van der Waals surface area contributed by atoms with Crippen LogP contribution in [0.15, 0.2) is 0 Å². The highest BCUT2D eigenvalue weighted by Gasteiger charge is 2.48. The summed E-state index contributed by atoms with van der Waals surface area (Å²) in [5.74, 6) is -0.558. The SMILES string of the molecule is C[C@H]1CN(S(=O)(=O)C2CCC(F)CC2)C2CC(NC(=O)C3C(Cl)CCCC3Cl)CCC2O1. The predicted octanol–water partition coefficient (Wildman–Crippen LogP) is 3.74. The van der Waals surface area contributed by atoms with E-state index in [0.29, 0.717) is 45.1 Å². The smallest absolute Gasteiger partial charge is 0.226 e. The predicted molar refractivity (Wildman–Crippen MR) is 123 cm³/mol. The van der Waals surface area contributed by atoms with Crippen molar-refractivity contribution in [1.82, 2.24) is 9.62 Å². The first-order valence-corrected chi connectivity index (χ1v) is 14.4. The van der Waals surface area contributed by atoms with Crippen LogP contribution >= 0.6 is 23.2 Å². The van der Waals surface area contributed by atoms with Crippen LogP contribution in [-0.4, -0.2) is 71.6 Å². The normalized spacial score (nSPS) is 43.9. The number of carbonyl (C=O) groups excluding carboxylic acids is 1. The van der Waals surface area contributed by atoms with Crippen LogP contribution in [-0.2, 0) is 19.6 Å². The maximum absolute atomic E-state index is 13.6. The van der Waals surface area contributed by atoms with Crippen LogP contribution < -0.4 is 5.32 Å². The van der Waals surface area contributed by atoms with Crippen LogP contribution in [0.2, 0.25) is 0 Å². The summed E-state index contributed by atoms with van der Waals surface area (Å²) >= 11 is 12.8. The Morgan fingerprint density at radius 3 is 2.34 bits per heavy atom. The summed E-state index contributed by atoms with van der Waals surface area (Å²) in [6.45, 7) is 2.20. The number of ether oxygens (including phenoxy) is 1. The molecule has 0 aromatic heterocycles. The highest BCUT2D eigenvalue weighted by molar-refractivity contribution is 7.89. The van der Waals surface area contributed by atoms with E-state index >= 15 is 0 Å². The number of sulfonamides is 1. The lowest BCUT2D eigenvalue weighted by atomic mass is 9.84. The molecule has 4 fully saturated rings. The second-order valence-electron chi connectivity index (χ2n) is 10.0. The van der Waals surface area contributed by atoms with Gasteiger partial charge in [-0.3, -0.25) is 4.79 Å². The zero-order valence-corrected chi connectivity index (χ0v) is 20.9. The van der Waals surface area contributed by atoms with E-state index in [1.807, 2.05) is 6.92 Å². The molecule has 0 bridgehead atoms. The number of alkyl halides is 3. The van der Waals surface area contributed by atoms with Crippen LogP contribution in [0.1, 0.15) is 71.1 Å². The lowest BCUT2D eigenvalue weighted by molar-refractivity contribution is -0.129. The zero-order valence-electron chi connectivity index (χ0n) is 18.6. The molecule has 1 aliphatic heterocycles. The molecule has 1 N–H and O–H groups in total. The van der Waals surface area contributed by atoms with Crippen molar-refractivity contribution in [3.8, 4) is 0 Å². The van der Waals surface area contributed by atoms with Gasteiger partial charge in [0, 0.05) is 23.3 Å². The molecule has 4 rings (SSSR count). The van der Waals surface area contributed by atoms with Crippen LogP contribution in [0, 0.1) is 5.92 Å². The number of rotatable bonds is 4. The molecule has 10 heteroatoms. The third-order valence-corrected chi connectivity index (χ3v) is 11.1. The monoisotopic (exact) mass is 512 g/mol. The molecule has 1 amide bonds. The van der Waals surface area contributed by atoms with E-state index in [1.165, 1.54) is 0 Å². The Balaban J connectivity index is 1.46. The molecular weight excluding hydrogens is 478 g/mol. The maximum Gasteiger partial charge on any atom is 0.226 e. The molecule has 3 saturated carbocycles. The molecule has 6 atom stereocenters. The van der Waals surface area contributed by atoms with Crippen molar-refractivity contribution in [3.05, 3.63) is 0 Å². The number of hydrogen-bond donors (Lipinski definition) is 1. The van der Waals surface area contributed by atoms with Crippen LogP contribution in [0.3, 0.4) is 0 Å². The van der Waals surface area contributed by atoms with E-state index < -0.39 is 27.4 Å². The molecule has 4 aliphatic rings. The minimum Gasteiger partial charge on any atom is -0.372 e. The van der Waals surface area contributed by atoms with Gasteiger partial charge in [-0.15, -0.1) is 23.2 Å². The summed E-state index contributed by atoms with van der Waals surface area (Å²) in [6, 6.07) is -0.460. The fraction of sp³-hybridized carbons (Fsp3) is 0.955. The molecule has 0 aromatic carbocycles. The zero-order chi connectivity index (χ0) is 23.0. The highest BCUT2D eigenvalue weighted by atomic mass is 35.5. The fourth-order valence-corrected chi connectivity index (χ4v) is 9.20. The average Bonchev–Trinajstić information content (AvgIpc) is 2.73. The quantitative estimate of drug-likeness (QED) is 0.582. The summed E-state index contributed by atoms with van der Waals surface area (Å²) in [4.78, 5) is 13.0. The van der Waals surface area contributed by atoms with Crippen molar-refractivity contribution in [3.63, 3.8) is 0 Å². The first kappa shape index (κ1) is 25.0. The number of amides is 1. The summed E-state index contributed by atoms with van der Waals surface area (Å²) in [7, 11) is -3.57. The standard InChI is InChI=1S/C22H35Cl2FN2O4S/c1-13-12-27(32(29,30)16-8-5-14(25)6-9-16)19-11-15(7-10-20(19)31-13)26-22(28)21-17(23)3-2-4-18(21)24/h13-21H,2-12H2,1H3,(H,26,28)/t13-,14?,15?,16?,17?,18?,19?,20?,21?/m0/s1. The van der Waals surface area contributed by atoms with E-state index in [1.54, 1.807) is 4.31 Å². The Labute approximate surface area is 200 Å². The van der Waals surface area contributed by atoms with Gasteiger partial charge < -0.3 is 10.1 Å². The molecule has 32 heavy (non-hydrogen) atoms. The minimum absolute atomic E-state index is 0.131. The van der Waals surface area contributed by atoms with Crippen LogP contribution in [0.25, 0.3) is 0 Å². The molecule has 0 aromatic rings. The summed E-state index contributed by atoms with van der Waals surface area (Å²) in [6.07, 6.45) is 4.45. The fourth-order valence-electron chi connectivity index (χ4n) is 5.97. The van der Waals surface area contributed by atoms with Gasteiger partial charge in [0.25, 0.3) is 0 Å². The Morgan fingerprint density at radius 1 is 1.03 bits per heavy atom. The molecule has 1 saturated heterocycles. The molecule has 1 heterocycles. The first-order valence-electron chi connectivity index (χ1n) is 12.1.